The van der Waals surface area contributed by atoms with Crippen LogP contribution in [0.25, 0.3) is 0 Å². The number of aliphatic carboxylic acids is 1. The maximum absolute atomic E-state index is 11.7. The number of carboxylic acids is 1. The van der Waals surface area contributed by atoms with Crippen LogP contribution in [0.4, 0.5) is 0 Å². The van der Waals surface area contributed by atoms with Gasteiger partial charge in [-0.2, -0.15) is 0 Å². The van der Waals surface area contributed by atoms with Crippen LogP contribution in [0.1, 0.15) is 24.4 Å². The van der Waals surface area contributed by atoms with Gasteiger partial charge in [-0.15, -0.1) is 0 Å². The molecule has 0 aliphatic carbocycles. The first kappa shape index (κ1) is 15.2. The maximum atomic E-state index is 11.7. The van der Waals surface area contributed by atoms with Gasteiger partial charge in [-0.1, -0.05) is 13.8 Å². The number of carboxylic acid groups (broad SMARTS) is 1. The summed E-state index contributed by atoms with van der Waals surface area (Å²) in [5, 5.41) is 10.9. The Hall–Kier alpha value is -1.83. The molecule has 0 bridgehead atoms. The number of carbonyl (C=O) groups is 2. The van der Waals surface area contributed by atoms with Crippen molar-refractivity contribution >= 4 is 21.7 Å². The van der Waals surface area contributed by atoms with Crippen LogP contribution in [0.5, 0.6) is 0 Å². The van der Waals surface area contributed by atoms with Crippen LogP contribution in [0.2, 0.25) is 0 Å². The fraction of sp³-hybridized carbons (Fsp3) is 0.455. The molecule has 0 spiro atoms. The first-order chi connectivity index (χ1) is 8.62. The summed E-state index contributed by atoms with van der Waals surface area (Å²) in [6, 6.07) is 1.26. The maximum Gasteiger partial charge on any atom is 0.326 e. The molecule has 0 aliphatic heterocycles. The molecular weight excluding hydrogens is 274 g/mol. The molecule has 1 aromatic heterocycles. The SMILES string of the molecule is CC(C)[C@@H](NC(=O)c1ccc(S(C)(=O)=O)o1)C(=O)O. The van der Waals surface area contributed by atoms with Crippen molar-refractivity contribution in [2.45, 2.75) is 25.0 Å². The van der Waals surface area contributed by atoms with Gasteiger partial charge in [0.15, 0.2) is 5.76 Å². The lowest BCUT2D eigenvalue weighted by Gasteiger charge is -2.16. The van der Waals surface area contributed by atoms with Gasteiger partial charge < -0.3 is 14.8 Å². The van der Waals surface area contributed by atoms with Gasteiger partial charge in [0, 0.05) is 6.26 Å². The normalized spacial score (nSPS) is 13.3. The lowest BCUT2D eigenvalue weighted by Crippen LogP contribution is -2.44. The smallest absolute Gasteiger partial charge is 0.326 e. The Kier molecular flexibility index (Phi) is 4.35. The number of rotatable bonds is 5. The van der Waals surface area contributed by atoms with Crippen LogP contribution in [0, 0.1) is 5.92 Å². The van der Waals surface area contributed by atoms with Crippen LogP contribution in [0.15, 0.2) is 21.6 Å². The van der Waals surface area contributed by atoms with Gasteiger partial charge in [0.1, 0.15) is 6.04 Å². The predicted molar refractivity (Wildman–Crippen MR) is 65.5 cm³/mol. The molecule has 0 saturated heterocycles. The summed E-state index contributed by atoms with van der Waals surface area (Å²) >= 11 is 0. The van der Waals surface area contributed by atoms with E-state index in [0.717, 1.165) is 12.3 Å². The number of hydrogen-bond donors (Lipinski definition) is 2. The first-order valence-electron chi connectivity index (χ1n) is 5.46. The van der Waals surface area contributed by atoms with Crippen LogP contribution in [0.3, 0.4) is 0 Å². The number of amides is 1. The van der Waals surface area contributed by atoms with Crippen molar-refractivity contribution in [2.24, 2.45) is 5.92 Å². The lowest BCUT2D eigenvalue weighted by molar-refractivity contribution is -0.140. The summed E-state index contributed by atoms with van der Waals surface area (Å²) in [5.41, 5.74) is 0. The Morgan fingerprint density at radius 2 is 1.89 bits per heavy atom. The Morgan fingerprint density at radius 3 is 2.26 bits per heavy atom. The Morgan fingerprint density at radius 1 is 1.32 bits per heavy atom. The molecule has 0 saturated carbocycles. The summed E-state index contributed by atoms with van der Waals surface area (Å²) in [5.74, 6) is -2.49. The van der Waals surface area contributed by atoms with E-state index in [1.807, 2.05) is 0 Å². The molecule has 8 heteroatoms. The van der Waals surface area contributed by atoms with E-state index in [1.54, 1.807) is 13.8 Å². The van der Waals surface area contributed by atoms with Crippen molar-refractivity contribution in [3.8, 4) is 0 Å². The summed E-state index contributed by atoms with van der Waals surface area (Å²) in [7, 11) is -3.54. The predicted octanol–water partition coefficient (Wildman–Crippen LogP) is 0.522. The minimum absolute atomic E-state index is 0.243. The van der Waals surface area contributed by atoms with E-state index < -0.39 is 27.8 Å². The highest BCUT2D eigenvalue weighted by molar-refractivity contribution is 7.90. The van der Waals surface area contributed by atoms with Crippen molar-refractivity contribution in [3.05, 3.63) is 17.9 Å². The zero-order chi connectivity index (χ0) is 14.8. The van der Waals surface area contributed by atoms with E-state index in [1.165, 1.54) is 6.07 Å². The Labute approximate surface area is 110 Å². The van der Waals surface area contributed by atoms with E-state index >= 15 is 0 Å². The summed E-state index contributed by atoms with van der Waals surface area (Å²) in [6.07, 6.45) is 0.946. The molecule has 7 nitrogen and oxygen atoms in total. The van der Waals surface area contributed by atoms with Gasteiger partial charge in [0.2, 0.25) is 14.9 Å². The minimum Gasteiger partial charge on any atom is -0.480 e. The topological polar surface area (TPSA) is 114 Å². The molecule has 1 amide bonds. The van der Waals surface area contributed by atoms with Crippen molar-refractivity contribution in [1.82, 2.24) is 5.32 Å². The molecule has 0 fully saturated rings. The molecule has 0 aliphatic rings. The third-order valence-corrected chi connectivity index (χ3v) is 3.34. The van der Waals surface area contributed by atoms with E-state index in [4.69, 9.17) is 9.52 Å². The average Bonchev–Trinajstić information content (AvgIpc) is 2.73. The second-order valence-electron chi connectivity index (χ2n) is 4.42. The van der Waals surface area contributed by atoms with Crippen molar-refractivity contribution in [3.63, 3.8) is 0 Å². The highest BCUT2D eigenvalue weighted by atomic mass is 32.2. The summed E-state index contributed by atoms with van der Waals surface area (Å²) in [4.78, 5) is 22.7. The molecule has 0 aromatic carbocycles. The quantitative estimate of drug-likeness (QED) is 0.817. The molecule has 2 N–H and O–H groups in total. The standard InChI is InChI=1S/C11H15NO6S/c1-6(2)9(11(14)15)12-10(13)7-4-5-8(18-7)19(3,16)17/h4-6,9H,1-3H3,(H,12,13)(H,14,15)/t9-/m1/s1. The van der Waals surface area contributed by atoms with Gasteiger partial charge in [-0.05, 0) is 18.1 Å². The fourth-order valence-electron chi connectivity index (χ4n) is 1.37. The Bertz CT molecular complexity index is 586. The van der Waals surface area contributed by atoms with E-state index in [9.17, 15) is 18.0 Å². The first-order valence-corrected chi connectivity index (χ1v) is 7.35. The number of furan rings is 1. The highest BCUT2D eigenvalue weighted by Crippen LogP contribution is 2.14. The Balaban J connectivity index is 2.90. The van der Waals surface area contributed by atoms with Gasteiger partial charge in [0.25, 0.3) is 5.91 Å². The van der Waals surface area contributed by atoms with Crippen LogP contribution < -0.4 is 5.32 Å². The highest BCUT2D eigenvalue weighted by Gasteiger charge is 2.26. The van der Waals surface area contributed by atoms with Gasteiger partial charge in [0.05, 0.1) is 0 Å². The summed E-state index contributed by atoms with van der Waals surface area (Å²) in [6.45, 7) is 3.28. The molecule has 0 unspecified atom stereocenters. The van der Waals surface area contributed by atoms with Gasteiger partial charge >= 0.3 is 5.97 Å². The summed E-state index contributed by atoms with van der Waals surface area (Å²) < 4.78 is 27.3. The van der Waals surface area contributed by atoms with Crippen molar-refractivity contribution < 1.29 is 27.5 Å². The fourth-order valence-corrected chi connectivity index (χ4v) is 1.92. The van der Waals surface area contributed by atoms with Gasteiger partial charge in [-0.3, -0.25) is 4.79 Å². The monoisotopic (exact) mass is 289 g/mol. The molecule has 0 radical (unpaired) electrons. The number of carbonyl (C=O) groups excluding carboxylic acids is 1. The van der Waals surface area contributed by atoms with E-state index in [2.05, 4.69) is 5.32 Å². The van der Waals surface area contributed by atoms with Crippen molar-refractivity contribution in [2.75, 3.05) is 6.26 Å². The average molecular weight is 289 g/mol. The van der Waals surface area contributed by atoms with Crippen LogP contribution in [-0.2, 0) is 14.6 Å². The molecule has 1 heterocycles. The zero-order valence-corrected chi connectivity index (χ0v) is 11.5. The lowest BCUT2D eigenvalue weighted by atomic mass is 10.0. The molecule has 106 valence electrons. The van der Waals surface area contributed by atoms with E-state index in [0.29, 0.717) is 0 Å². The van der Waals surface area contributed by atoms with E-state index in [-0.39, 0.29) is 16.8 Å². The molecule has 1 rings (SSSR count). The molecule has 1 atom stereocenters. The molecule has 19 heavy (non-hydrogen) atoms. The second-order valence-corrected chi connectivity index (χ2v) is 6.37. The third kappa shape index (κ3) is 3.82. The number of sulfone groups is 1. The van der Waals surface area contributed by atoms with Crippen LogP contribution in [-0.4, -0.2) is 37.7 Å². The van der Waals surface area contributed by atoms with Gasteiger partial charge in [-0.25, -0.2) is 13.2 Å². The number of hydrogen-bond acceptors (Lipinski definition) is 5. The molecule has 1 aromatic rings. The zero-order valence-electron chi connectivity index (χ0n) is 10.7. The number of nitrogens with one attached hydrogen (secondary N) is 1. The third-order valence-electron chi connectivity index (χ3n) is 2.39. The van der Waals surface area contributed by atoms with Crippen molar-refractivity contribution in [1.29, 1.82) is 0 Å². The molecular formula is C11H15NO6S. The van der Waals surface area contributed by atoms with Crippen LogP contribution >= 0.6 is 0 Å². The second kappa shape index (κ2) is 5.43. The largest absolute Gasteiger partial charge is 0.480 e. The minimum atomic E-state index is -3.54.